The fraction of sp³-hybridized carbons (Fsp3) is 0. The average Bonchev–Trinajstić information content (AvgIpc) is 0. The predicted molar refractivity (Wildman–Crippen MR) is 0 cm³/mol. The van der Waals surface area contributed by atoms with Crippen LogP contribution >= 0.6 is 0 Å². The van der Waals surface area contributed by atoms with E-state index < -0.39 is 0 Å². The fourth-order valence-electron chi connectivity index (χ4n) is 0. The van der Waals surface area contributed by atoms with E-state index in [9.17, 15) is 0 Å². The molecule has 0 nitrogen and oxygen atoms in total. The molecule has 0 saturated carbocycles. The average molecular weight is 116 g/mol. The van der Waals surface area contributed by atoms with Gasteiger partial charge in [-0.3, -0.25) is 0 Å². The molecule has 4 heavy (non-hydrogen) atoms. The first-order valence-corrected chi connectivity index (χ1v) is 0. The van der Waals surface area contributed by atoms with E-state index in [0.717, 1.165) is 0 Å². The van der Waals surface area contributed by atoms with Gasteiger partial charge in [0.05, 0.1) is 0 Å². The van der Waals surface area contributed by atoms with E-state index in [2.05, 4.69) is 0 Å². The van der Waals surface area contributed by atoms with Crippen LogP contribution < -0.4 is 14.1 Å². The van der Waals surface area contributed by atoms with Crippen molar-refractivity contribution >= 4 is 0 Å². The largest absolute Gasteiger partial charge is 3.00 e. The summed E-state index contributed by atoms with van der Waals surface area (Å²) in [5, 5.41) is 0. The van der Waals surface area contributed by atoms with Crippen molar-refractivity contribution in [2.24, 2.45) is 0 Å². The molecule has 0 aliphatic rings. The number of halogens is 3. The molecule has 0 radical (unpaired) electrons. The SMILES string of the molecule is [Co+3].[F-].[F-].[F-]. The molecule has 0 aromatic heterocycles. The molecule has 0 unspecified atom stereocenters. The van der Waals surface area contributed by atoms with Crippen molar-refractivity contribution in [3.63, 3.8) is 0 Å². The first-order chi connectivity index (χ1) is 0. The molecule has 0 heterocycles. The molecule has 0 fully saturated rings. The molecule has 30 valence electrons. The van der Waals surface area contributed by atoms with Crippen molar-refractivity contribution < 1.29 is 30.9 Å². The standard InChI is InChI=1S/Co.3FH/h;3*1H/q+3;;;/p-3. The van der Waals surface area contributed by atoms with Crippen molar-refractivity contribution in [3.8, 4) is 0 Å². The quantitative estimate of drug-likeness (QED) is 0.295. The van der Waals surface area contributed by atoms with Crippen LogP contribution in [0, 0.1) is 0 Å². The van der Waals surface area contributed by atoms with Crippen LogP contribution in [0.1, 0.15) is 0 Å². The summed E-state index contributed by atoms with van der Waals surface area (Å²) in [6.45, 7) is 0. The molecule has 0 bridgehead atoms. The summed E-state index contributed by atoms with van der Waals surface area (Å²) < 4.78 is 0. The van der Waals surface area contributed by atoms with Gasteiger partial charge in [-0.1, -0.05) is 0 Å². The second-order valence-electron chi connectivity index (χ2n) is 0. The second-order valence-corrected chi connectivity index (χ2v) is 0. The van der Waals surface area contributed by atoms with Gasteiger partial charge in [0, 0.05) is 0 Å². The van der Waals surface area contributed by atoms with Gasteiger partial charge in [-0.15, -0.1) is 0 Å². The van der Waals surface area contributed by atoms with Crippen LogP contribution in [0.15, 0.2) is 0 Å². The Kier molecular flexibility index (Phi) is 26300. The van der Waals surface area contributed by atoms with E-state index in [0.29, 0.717) is 0 Å². The molecule has 0 aromatic carbocycles. The number of rotatable bonds is 0. The molecule has 0 aromatic rings. The van der Waals surface area contributed by atoms with Crippen molar-refractivity contribution in [2.75, 3.05) is 0 Å². The predicted octanol–water partition coefficient (Wildman–Crippen LogP) is -8.99. The summed E-state index contributed by atoms with van der Waals surface area (Å²) in [5.74, 6) is 0. The van der Waals surface area contributed by atoms with Crippen LogP contribution in [-0.4, -0.2) is 0 Å². The van der Waals surface area contributed by atoms with Crippen molar-refractivity contribution in [3.05, 3.63) is 0 Å². The van der Waals surface area contributed by atoms with Gasteiger partial charge in [-0.25, -0.2) is 0 Å². The third kappa shape index (κ3) is 43.9. The zero-order valence-electron chi connectivity index (χ0n) is 1.47. The van der Waals surface area contributed by atoms with Crippen molar-refractivity contribution in [2.45, 2.75) is 0 Å². The van der Waals surface area contributed by atoms with E-state index in [-0.39, 0.29) is 30.9 Å². The monoisotopic (exact) mass is 116 g/mol. The van der Waals surface area contributed by atoms with Gasteiger partial charge in [-0.05, 0) is 0 Å². The Morgan fingerprint density at radius 3 is 0.500 bits per heavy atom. The van der Waals surface area contributed by atoms with Crippen molar-refractivity contribution in [1.29, 1.82) is 0 Å². The smallest absolute Gasteiger partial charge is 1.00 e. The normalized spacial score (nSPS) is 0. The minimum absolute atomic E-state index is 0. The third-order valence-corrected chi connectivity index (χ3v) is 0. The number of hydrogen-bond acceptors (Lipinski definition) is 0. The molecule has 0 N–H and O–H groups in total. The van der Waals surface area contributed by atoms with Crippen LogP contribution in [-0.2, 0) is 16.8 Å². The Labute approximate surface area is 31.9 Å². The topological polar surface area (TPSA) is 0 Å². The van der Waals surface area contributed by atoms with Gasteiger partial charge < -0.3 is 14.1 Å². The molecular formula is CoF3. The Hall–Kier alpha value is 0.296. The minimum atomic E-state index is 0. The van der Waals surface area contributed by atoms with Crippen LogP contribution in [0.2, 0.25) is 0 Å². The molecule has 0 aliphatic carbocycles. The van der Waals surface area contributed by atoms with Crippen molar-refractivity contribution in [1.82, 2.24) is 0 Å². The molecule has 0 saturated heterocycles. The molecule has 0 rings (SSSR count). The van der Waals surface area contributed by atoms with Gasteiger partial charge >= 0.3 is 16.8 Å². The Balaban J connectivity index is 0. The van der Waals surface area contributed by atoms with Crippen LogP contribution in [0.4, 0.5) is 0 Å². The molecule has 0 amide bonds. The van der Waals surface area contributed by atoms with E-state index in [1.165, 1.54) is 0 Å². The van der Waals surface area contributed by atoms with E-state index in [4.69, 9.17) is 0 Å². The second kappa shape index (κ2) is 198. The third-order valence-electron chi connectivity index (χ3n) is 0. The Morgan fingerprint density at radius 1 is 0.500 bits per heavy atom. The summed E-state index contributed by atoms with van der Waals surface area (Å²) in [4.78, 5) is 0. The molecular weight excluding hydrogens is 116 g/mol. The molecule has 0 aliphatic heterocycles. The van der Waals surface area contributed by atoms with Gasteiger partial charge in [0.15, 0.2) is 0 Å². The zero-order valence-corrected chi connectivity index (χ0v) is 2.51. The van der Waals surface area contributed by atoms with Gasteiger partial charge in [0.25, 0.3) is 0 Å². The van der Waals surface area contributed by atoms with E-state index in [1.807, 2.05) is 0 Å². The maximum atomic E-state index is 0. The van der Waals surface area contributed by atoms with Crippen LogP contribution in [0.5, 0.6) is 0 Å². The van der Waals surface area contributed by atoms with Crippen LogP contribution in [0.25, 0.3) is 0 Å². The summed E-state index contributed by atoms with van der Waals surface area (Å²) in [7, 11) is 0. The number of hydrogen-bond donors (Lipinski definition) is 0. The maximum absolute atomic E-state index is 0. The zero-order chi connectivity index (χ0) is 0. The van der Waals surface area contributed by atoms with Crippen LogP contribution in [0.3, 0.4) is 0 Å². The first kappa shape index (κ1) is 531. The van der Waals surface area contributed by atoms with E-state index in [1.54, 1.807) is 0 Å². The van der Waals surface area contributed by atoms with Gasteiger partial charge in [0.2, 0.25) is 0 Å². The van der Waals surface area contributed by atoms with E-state index >= 15 is 0 Å². The van der Waals surface area contributed by atoms with Gasteiger partial charge in [0.1, 0.15) is 0 Å². The molecule has 0 spiro atoms. The Bertz CT molecular complexity index is 3.25. The fourth-order valence-corrected chi connectivity index (χ4v) is 0. The van der Waals surface area contributed by atoms with Gasteiger partial charge in [-0.2, -0.15) is 0 Å². The first-order valence-electron chi connectivity index (χ1n) is 0. The molecule has 4 heteroatoms. The Morgan fingerprint density at radius 2 is 0.500 bits per heavy atom. The summed E-state index contributed by atoms with van der Waals surface area (Å²) >= 11 is 0. The minimum Gasteiger partial charge on any atom is -1.00 e. The summed E-state index contributed by atoms with van der Waals surface area (Å²) in [6, 6.07) is 0. The summed E-state index contributed by atoms with van der Waals surface area (Å²) in [5.41, 5.74) is 0. The summed E-state index contributed by atoms with van der Waals surface area (Å²) in [6.07, 6.45) is 0. The molecule has 0 atom stereocenters. The maximum Gasteiger partial charge on any atom is 3.00 e.